The number of carbonyl (C=O) groups is 1. The maximum Gasteiger partial charge on any atom is 0.264 e. The van der Waals surface area contributed by atoms with Crippen LogP contribution in [0.2, 0.25) is 5.02 Å². The summed E-state index contributed by atoms with van der Waals surface area (Å²) in [6.07, 6.45) is 1.64. The molecular weight excluding hydrogens is 562 g/mol. The zero-order chi connectivity index (χ0) is 27.8. The van der Waals surface area contributed by atoms with Gasteiger partial charge in [0, 0.05) is 30.3 Å². The van der Waals surface area contributed by atoms with Gasteiger partial charge in [-0.2, -0.15) is 4.31 Å². The Morgan fingerprint density at radius 3 is 2.28 bits per heavy atom. The van der Waals surface area contributed by atoms with Crippen molar-refractivity contribution in [1.82, 2.24) is 4.31 Å². The van der Waals surface area contributed by atoms with Crippen molar-refractivity contribution in [3.05, 3.63) is 77.3 Å². The minimum absolute atomic E-state index is 0.0577. The quantitative estimate of drug-likeness (QED) is 0.443. The number of fused-ring (bicyclic) bond motifs is 1. The van der Waals surface area contributed by atoms with Crippen LogP contribution in [0.5, 0.6) is 5.75 Å². The number of halogens is 1. The molecule has 0 saturated carbocycles. The van der Waals surface area contributed by atoms with Gasteiger partial charge in [0.25, 0.3) is 10.0 Å². The normalized spacial score (nSPS) is 18.0. The summed E-state index contributed by atoms with van der Waals surface area (Å²) in [6, 6.07) is 17.4. The Hall–Kier alpha value is -3.12. The molecule has 2 heterocycles. The lowest BCUT2D eigenvalue weighted by Crippen LogP contribution is -2.43. The highest BCUT2D eigenvalue weighted by atomic mass is 35.5. The largest absolute Gasteiger partial charge is 0.497 e. The third kappa shape index (κ3) is 5.49. The molecule has 1 N–H and O–H groups in total. The van der Waals surface area contributed by atoms with E-state index in [1.54, 1.807) is 24.3 Å². The summed E-state index contributed by atoms with van der Waals surface area (Å²) in [4.78, 5) is 13.5. The number of hydrogen-bond acceptors (Lipinski definition) is 6. The number of anilines is 2. The van der Waals surface area contributed by atoms with Crippen molar-refractivity contribution in [3.63, 3.8) is 0 Å². The second kappa shape index (κ2) is 10.8. The van der Waals surface area contributed by atoms with Crippen LogP contribution in [0.25, 0.3) is 0 Å². The van der Waals surface area contributed by atoms with Crippen LogP contribution in [0.1, 0.15) is 18.4 Å². The lowest BCUT2D eigenvalue weighted by atomic mass is 9.98. The molecule has 39 heavy (non-hydrogen) atoms. The Labute approximate surface area is 233 Å². The highest BCUT2D eigenvalue weighted by Crippen LogP contribution is 2.36. The number of nitrogens with zero attached hydrogens (tertiary/aromatic N) is 2. The molecule has 0 bridgehead atoms. The first-order valence-corrected chi connectivity index (χ1v) is 15.7. The number of benzene rings is 3. The average molecular weight is 590 g/mol. The zero-order valence-corrected chi connectivity index (χ0v) is 23.6. The molecule has 1 atom stereocenters. The van der Waals surface area contributed by atoms with Crippen LogP contribution < -0.4 is 14.4 Å². The third-order valence-electron chi connectivity index (χ3n) is 7.06. The summed E-state index contributed by atoms with van der Waals surface area (Å²) < 4.78 is 60.8. The van der Waals surface area contributed by atoms with Gasteiger partial charge >= 0.3 is 0 Å². The lowest BCUT2D eigenvalue weighted by Gasteiger charge is -2.31. The van der Waals surface area contributed by atoms with Gasteiger partial charge in [0.1, 0.15) is 5.75 Å². The van der Waals surface area contributed by atoms with E-state index in [1.807, 2.05) is 6.07 Å². The fourth-order valence-electron chi connectivity index (χ4n) is 4.93. The molecule has 2 aliphatic rings. The first-order chi connectivity index (χ1) is 18.6. The van der Waals surface area contributed by atoms with E-state index in [0.29, 0.717) is 54.5 Å². The minimum atomic E-state index is -3.81. The number of hydrogen-bond donors (Lipinski definition) is 1. The Balaban J connectivity index is 1.31. The average Bonchev–Trinajstić information content (AvgIpc) is 3.37. The van der Waals surface area contributed by atoms with Crippen LogP contribution in [0.4, 0.5) is 11.4 Å². The number of piperidine rings is 1. The van der Waals surface area contributed by atoms with Crippen LogP contribution in [-0.4, -0.2) is 53.8 Å². The van der Waals surface area contributed by atoms with Crippen LogP contribution in [-0.2, 0) is 31.3 Å². The molecule has 12 heteroatoms. The van der Waals surface area contributed by atoms with E-state index >= 15 is 0 Å². The Morgan fingerprint density at radius 1 is 0.923 bits per heavy atom. The van der Waals surface area contributed by atoms with Crippen LogP contribution >= 0.6 is 11.6 Å². The second-order valence-electron chi connectivity index (χ2n) is 9.49. The number of rotatable bonds is 7. The predicted molar refractivity (Wildman–Crippen MR) is 149 cm³/mol. The van der Waals surface area contributed by atoms with Gasteiger partial charge in [0.05, 0.1) is 28.5 Å². The van der Waals surface area contributed by atoms with E-state index in [9.17, 15) is 21.6 Å². The Morgan fingerprint density at radius 2 is 1.59 bits per heavy atom. The van der Waals surface area contributed by atoms with Gasteiger partial charge in [0.2, 0.25) is 15.9 Å². The van der Waals surface area contributed by atoms with Gasteiger partial charge < -0.3 is 10.1 Å². The van der Waals surface area contributed by atoms with E-state index in [1.165, 1.54) is 52.1 Å². The molecule has 2 aliphatic heterocycles. The number of ether oxygens (including phenoxy) is 1. The second-order valence-corrected chi connectivity index (χ2v) is 13.7. The van der Waals surface area contributed by atoms with Crippen molar-refractivity contribution in [3.8, 4) is 5.75 Å². The van der Waals surface area contributed by atoms with Crippen molar-refractivity contribution < 1.29 is 26.4 Å². The highest BCUT2D eigenvalue weighted by Gasteiger charge is 2.34. The van der Waals surface area contributed by atoms with Gasteiger partial charge in [-0.25, -0.2) is 16.8 Å². The van der Waals surface area contributed by atoms with Crippen molar-refractivity contribution >= 4 is 48.9 Å². The smallest absolute Gasteiger partial charge is 0.264 e. The summed E-state index contributed by atoms with van der Waals surface area (Å²) in [7, 11) is -6.07. The van der Waals surface area contributed by atoms with Crippen molar-refractivity contribution in [2.24, 2.45) is 5.92 Å². The summed E-state index contributed by atoms with van der Waals surface area (Å²) in [5.41, 5.74) is 1.82. The molecule has 1 amide bonds. The fourth-order valence-corrected chi connectivity index (χ4v) is 8.07. The summed E-state index contributed by atoms with van der Waals surface area (Å²) >= 11 is 5.92. The minimum Gasteiger partial charge on any atom is -0.497 e. The zero-order valence-electron chi connectivity index (χ0n) is 21.2. The molecule has 3 aromatic carbocycles. The predicted octanol–water partition coefficient (Wildman–Crippen LogP) is 4.14. The van der Waals surface area contributed by atoms with Crippen LogP contribution in [0.15, 0.2) is 76.5 Å². The molecule has 5 rings (SSSR count). The molecule has 0 unspecified atom stereocenters. The van der Waals surface area contributed by atoms with E-state index < -0.39 is 26.0 Å². The molecular formula is C27H28ClN3O6S2. The van der Waals surface area contributed by atoms with E-state index in [4.69, 9.17) is 16.3 Å². The van der Waals surface area contributed by atoms with Crippen LogP contribution in [0, 0.1) is 5.92 Å². The summed E-state index contributed by atoms with van der Waals surface area (Å²) in [6.45, 7) is 0.676. The van der Waals surface area contributed by atoms with Crippen molar-refractivity contribution in [2.75, 3.05) is 36.4 Å². The summed E-state index contributed by atoms with van der Waals surface area (Å²) in [5, 5.41) is 3.31. The van der Waals surface area contributed by atoms with E-state index in [2.05, 4.69) is 5.32 Å². The van der Waals surface area contributed by atoms with Crippen molar-refractivity contribution in [1.29, 1.82) is 0 Å². The van der Waals surface area contributed by atoms with Gasteiger partial charge in [-0.3, -0.25) is 9.10 Å². The first-order valence-electron chi connectivity index (χ1n) is 12.5. The van der Waals surface area contributed by atoms with E-state index in [0.717, 1.165) is 5.56 Å². The molecule has 1 saturated heterocycles. The maximum absolute atomic E-state index is 13.3. The van der Waals surface area contributed by atoms with Crippen molar-refractivity contribution in [2.45, 2.75) is 29.1 Å². The molecule has 3 aromatic rings. The molecule has 0 aliphatic carbocycles. The number of sulfonamides is 2. The molecule has 1 fully saturated rings. The Bertz CT molecular complexity index is 1590. The number of amides is 1. The third-order valence-corrected chi connectivity index (χ3v) is 11.0. The Kier molecular flexibility index (Phi) is 7.60. The highest BCUT2D eigenvalue weighted by molar-refractivity contribution is 7.92. The number of methoxy groups -OCH3 is 1. The monoisotopic (exact) mass is 589 g/mol. The standard InChI is InChI=1S/C27H28ClN3O6S2/c1-37-23-8-12-24(13-9-23)38(33,34)30-15-2-3-20(18-30)27(32)29-22-7-4-19-14-16-31(26(19)17-22)39(35,36)25-10-5-21(28)6-11-25/h4-13,17,20H,2-3,14-16,18H2,1H3,(H,29,32)/t20-/m0/s1. The van der Waals surface area contributed by atoms with Gasteiger partial charge in [-0.15, -0.1) is 0 Å². The number of carbonyl (C=O) groups excluding carboxylic acids is 1. The number of nitrogens with one attached hydrogen (secondary N) is 1. The topological polar surface area (TPSA) is 113 Å². The SMILES string of the molecule is COc1ccc(S(=O)(=O)N2CCC[C@H](C(=O)Nc3ccc4c(c3)N(S(=O)(=O)c3ccc(Cl)cc3)CC4)C2)cc1. The van der Waals surface area contributed by atoms with Gasteiger partial charge in [0.15, 0.2) is 0 Å². The maximum atomic E-state index is 13.3. The fraction of sp³-hybridized carbons (Fsp3) is 0.296. The first kappa shape index (κ1) is 27.4. The van der Waals surface area contributed by atoms with Crippen LogP contribution in [0.3, 0.4) is 0 Å². The molecule has 0 radical (unpaired) electrons. The van der Waals surface area contributed by atoms with Gasteiger partial charge in [-0.1, -0.05) is 17.7 Å². The molecule has 0 aromatic heterocycles. The lowest BCUT2D eigenvalue weighted by molar-refractivity contribution is -0.120. The molecule has 206 valence electrons. The van der Waals surface area contributed by atoms with E-state index in [-0.39, 0.29) is 22.2 Å². The summed E-state index contributed by atoms with van der Waals surface area (Å²) in [5.74, 6) is -0.303. The molecule has 9 nitrogen and oxygen atoms in total. The van der Waals surface area contributed by atoms with Gasteiger partial charge in [-0.05, 0) is 85.5 Å². The molecule has 0 spiro atoms.